The van der Waals surface area contributed by atoms with Crippen molar-refractivity contribution in [1.82, 2.24) is 35.6 Å². The molecule has 4 amide bonds. The highest BCUT2D eigenvalue weighted by atomic mass is 19.4. The van der Waals surface area contributed by atoms with Gasteiger partial charge in [-0.3, -0.25) is 19.4 Å². The van der Waals surface area contributed by atoms with Crippen LogP contribution >= 0.6 is 0 Å². The van der Waals surface area contributed by atoms with Crippen molar-refractivity contribution in [3.8, 4) is 23.0 Å². The monoisotopic (exact) mass is 1530 g/mol. The third kappa shape index (κ3) is 21.5. The normalized spacial score (nSPS) is 21.4. The molecule has 29 heteroatoms. The van der Waals surface area contributed by atoms with Crippen molar-refractivity contribution in [2.24, 2.45) is 0 Å². The van der Waals surface area contributed by atoms with Gasteiger partial charge in [-0.25, -0.2) is 9.59 Å². The van der Waals surface area contributed by atoms with Crippen molar-refractivity contribution in [3.05, 3.63) is 189 Å². The highest BCUT2D eigenvalue weighted by Crippen LogP contribution is 2.50. The number of nitrogens with one attached hydrogen (secondary N) is 3. The zero-order valence-electron chi connectivity index (χ0n) is 61.4. The molecule has 108 heavy (non-hydrogen) atoms. The van der Waals surface area contributed by atoms with E-state index < -0.39 is 87.6 Å². The number of nitrogens with zero attached hydrogens (tertiary/aromatic N) is 4. The number of benzene rings is 6. The van der Waals surface area contributed by atoms with Crippen LogP contribution in [0.1, 0.15) is 174 Å². The lowest BCUT2D eigenvalue weighted by Crippen LogP contribution is -2.55. The lowest BCUT2D eigenvalue weighted by Gasteiger charge is -2.45. The Balaban J connectivity index is 0.000000156. The number of alkyl carbamates (subject to hydrolysis) is 1. The van der Waals surface area contributed by atoms with Gasteiger partial charge in [0.15, 0.2) is 0 Å². The summed E-state index contributed by atoms with van der Waals surface area (Å²) in [6.45, 7) is 21.1. The van der Waals surface area contributed by atoms with Gasteiger partial charge in [-0.05, 0) is 146 Å². The number of ether oxygens (including phenoxy) is 6. The largest absolute Gasteiger partial charge is 0.488 e. The molecule has 4 atom stereocenters. The number of amides is 4. The zero-order valence-corrected chi connectivity index (χ0v) is 61.4. The maximum Gasteiger partial charge on any atom is 0.416 e. The van der Waals surface area contributed by atoms with Crippen LogP contribution < -0.4 is 34.9 Å². The Kier molecular flexibility index (Phi) is 25.0. The fourth-order valence-corrected chi connectivity index (χ4v) is 14.5. The number of halogens is 12. The minimum atomic E-state index is -4.49. The van der Waals surface area contributed by atoms with E-state index in [0.717, 1.165) is 110 Å². The van der Waals surface area contributed by atoms with Gasteiger partial charge in [0, 0.05) is 101 Å². The molecule has 7 heterocycles. The first-order valence-electron chi connectivity index (χ1n) is 35.9. The summed E-state index contributed by atoms with van der Waals surface area (Å²) in [5, 5.41) is 9.04. The van der Waals surface area contributed by atoms with Gasteiger partial charge in [0.25, 0.3) is 0 Å². The summed E-state index contributed by atoms with van der Waals surface area (Å²) in [5.74, 6) is 0.747. The molecule has 0 radical (unpaired) electrons. The lowest BCUT2D eigenvalue weighted by atomic mass is 9.81. The van der Waals surface area contributed by atoms with Crippen molar-refractivity contribution in [1.29, 1.82) is 0 Å². The number of carbonyl (C=O) groups is 4. The molecule has 3 fully saturated rings. The number of piperazine rings is 3. The van der Waals surface area contributed by atoms with Crippen LogP contribution in [0.2, 0.25) is 0 Å². The van der Waals surface area contributed by atoms with E-state index in [9.17, 15) is 71.9 Å². The third-order valence-electron chi connectivity index (χ3n) is 19.6. The van der Waals surface area contributed by atoms with Crippen molar-refractivity contribution < 1.29 is 100 Å². The summed E-state index contributed by atoms with van der Waals surface area (Å²) in [5.41, 5.74) is -0.705. The van der Waals surface area contributed by atoms with E-state index in [-0.39, 0.29) is 80.7 Å². The Morgan fingerprint density at radius 3 is 1.29 bits per heavy atom. The molecule has 6 aromatic rings. The Bertz CT molecular complexity index is 4110. The Morgan fingerprint density at radius 1 is 0.463 bits per heavy atom. The second-order valence-corrected chi connectivity index (χ2v) is 30.2. The van der Waals surface area contributed by atoms with Gasteiger partial charge in [0.05, 0.1) is 40.9 Å². The van der Waals surface area contributed by atoms with Crippen molar-refractivity contribution in [3.63, 3.8) is 0 Å². The number of carbonyl (C=O) groups excluding carboxylic acids is 4. The molecule has 0 spiro atoms. The summed E-state index contributed by atoms with van der Waals surface area (Å²) >= 11 is 0. The standard InChI is InChI=1S/C24H25F3N2O4.C23H26F3NO3.C16H19F3N2O2.C16H21F3N2O/c1-23(2)13-19(18-9-8-17(24(25,26)27)12-20(18)33-23)29-11-10-28(14-21(29)30)22(31)32-15-16-6-4-3-5-7-16;1-22(2)14-17(19-11-10-18(23(24,25)26)13-20(19)30-22)9-6-12-27-21(28)29-15-16-7-4-3-5-8-16;1-15(2)8-12(21-6-5-20-9-14(21)22)11-4-3-10(16(17,18)19)7-13(11)23-15;1-15(2)10-13(21-7-5-20-6-8-21)12-4-3-11(16(17,18)19)9-14(12)22-15/h3-9,12,19H,10-11,13-15H2,1-2H3;3-5,7-8,10-11,13,17H,6,9,12,14-15H2,1-2H3,(H,27,28);3-4,7,12,20H,5-6,8-9H2,1-2H3;3-4,9,13,20H,5-8,10H2,1-2H3. The van der Waals surface area contributed by atoms with Crippen LogP contribution in [0.3, 0.4) is 0 Å². The summed E-state index contributed by atoms with van der Waals surface area (Å²) < 4.78 is 190. The fraction of sp³-hybridized carbons (Fsp3) is 0.494. The molecule has 17 nitrogen and oxygen atoms in total. The molecular formula is C79H91F12N7O10. The van der Waals surface area contributed by atoms with E-state index in [0.29, 0.717) is 67.9 Å². The predicted octanol–water partition coefficient (Wildman–Crippen LogP) is 16.8. The van der Waals surface area contributed by atoms with Crippen LogP contribution in [0.4, 0.5) is 62.3 Å². The average molecular weight is 1530 g/mol. The Hall–Kier alpha value is -8.96. The van der Waals surface area contributed by atoms with Gasteiger partial charge >= 0.3 is 36.9 Å². The predicted molar refractivity (Wildman–Crippen MR) is 377 cm³/mol. The van der Waals surface area contributed by atoms with Crippen LogP contribution in [0.5, 0.6) is 23.0 Å². The van der Waals surface area contributed by atoms with E-state index in [1.165, 1.54) is 23.1 Å². The summed E-state index contributed by atoms with van der Waals surface area (Å²) in [4.78, 5) is 56.5. The molecule has 3 N–H and O–H groups in total. The SMILES string of the molecule is CC1(C)CC(CCCNC(=O)OCc2ccccc2)c2ccc(C(F)(F)F)cc2O1.CC1(C)CC(N2CCN(C(=O)OCc3ccccc3)CC2=O)c2ccc(C(F)(F)F)cc2O1.CC1(C)CC(N2CCNCC2)c2ccc(C(F)(F)F)cc2O1.CC1(C)CC(N2CCNCC2=O)c2ccc(C(F)(F)F)cc2O1. The topological polar surface area (TPSA) is 173 Å². The van der Waals surface area contributed by atoms with Crippen LogP contribution in [-0.4, -0.2) is 138 Å². The molecule has 0 aliphatic carbocycles. The van der Waals surface area contributed by atoms with E-state index in [1.807, 2.05) is 102 Å². The minimum absolute atomic E-state index is 0.0372. The van der Waals surface area contributed by atoms with Gasteiger partial charge in [0.1, 0.15) is 65.2 Å². The van der Waals surface area contributed by atoms with Crippen molar-refractivity contribution in [2.75, 3.05) is 72.0 Å². The molecule has 0 saturated carbocycles. The van der Waals surface area contributed by atoms with Gasteiger partial charge in [-0.15, -0.1) is 0 Å². The van der Waals surface area contributed by atoms with Crippen LogP contribution in [0.15, 0.2) is 133 Å². The van der Waals surface area contributed by atoms with E-state index >= 15 is 0 Å². The Labute approximate surface area is 619 Å². The molecule has 13 rings (SSSR count). The Morgan fingerprint density at radius 2 is 0.852 bits per heavy atom. The first-order valence-corrected chi connectivity index (χ1v) is 35.9. The maximum atomic E-state index is 13.2. The number of hydrogen-bond acceptors (Lipinski definition) is 13. The highest BCUT2D eigenvalue weighted by Gasteiger charge is 2.46. The molecule has 6 aromatic carbocycles. The molecule has 7 aliphatic rings. The number of hydrogen-bond donors (Lipinski definition) is 3. The smallest absolute Gasteiger partial charge is 0.416 e. The highest BCUT2D eigenvalue weighted by molar-refractivity contribution is 5.84. The van der Waals surface area contributed by atoms with Gasteiger partial charge in [-0.1, -0.05) is 84.9 Å². The molecule has 0 aromatic heterocycles. The first-order chi connectivity index (χ1) is 50.6. The van der Waals surface area contributed by atoms with Gasteiger partial charge in [0.2, 0.25) is 11.8 Å². The first kappa shape index (κ1) is 81.6. The molecule has 3 saturated heterocycles. The summed E-state index contributed by atoms with van der Waals surface area (Å²) in [6, 6.07) is 32.5. The second kappa shape index (κ2) is 33.1. The van der Waals surface area contributed by atoms with Gasteiger partial charge in [-0.2, -0.15) is 52.7 Å². The van der Waals surface area contributed by atoms with E-state index in [4.69, 9.17) is 28.4 Å². The summed E-state index contributed by atoms with van der Waals surface area (Å²) in [6.07, 6.45) is -14.8. The number of alkyl halides is 12. The van der Waals surface area contributed by atoms with Crippen LogP contribution in [-0.2, 0) is 57.0 Å². The second-order valence-electron chi connectivity index (χ2n) is 30.2. The minimum Gasteiger partial charge on any atom is -0.488 e. The molecule has 7 aliphatic heterocycles. The summed E-state index contributed by atoms with van der Waals surface area (Å²) in [7, 11) is 0. The third-order valence-corrected chi connectivity index (χ3v) is 19.6. The van der Waals surface area contributed by atoms with E-state index in [2.05, 4.69) is 20.9 Å². The number of fused-ring (bicyclic) bond motifs is 4. The van der Waals surface area contributed by atoms with Crippen molar-refractivity contribution >= 4 is 24.0 Å². The quantitative estimate of drug-likeness (QED) is 0.0827. The molecule has 586 valence electrons. The fourth-order valence-electron chi connectivity index (χ4n) is 14.5. The van der Waals surface area contributed by atoms with Crippen molar-refractivity contribution in [2.45, 2.75) is 178 Å². The van der Waals surface area contributed by atoms with E-state index in [1.54, 1.807) is 29.7 Å². The van der Waals surface area contributed by atoms with Crippen LogP contribution in [0, 0.1) is 0 Å². The zero-order chi connectivity index (χ0) is 78.4. The lowest BCUT2D eigenvalue weighted by molar-refractivity contribution is -0.141. The molecule has 4 unspecified atom stereocenters. The van der Waals surface area contributed by atoms with Crippen LogP contribution in [0.25, 0.3) is 0 Å². The maximum absolute atomic E-state index is 13.2. The van der Waals surface area contributed by atoms with Gasteiger partial charge < -0.3 is 54.2 Å². The molecular weight excluding hydrogens is 1430 g/mol. The molecule has 0 bridgehead atoms. The number of rotatable bonds is 11. The average Bonchev–Trinajstić information content (AvgIpc) is 0.726.